The van der Waals surface area contributed by atoms with Gasteiger partial charge in [-0.25, -0.2) is 15.0 Å². The first kappa shape index (κ1) is 15.0. The van der Waals surface area contributed by atoms with Gasteiger partial charge in [-0.15, -0.1) is 0 Å². The molecule has 0 saturated heterocycles. The summed E-state index contributed by atoms with van der Waals surface area (Å²) < 4.78 is 0. The Labute approximate surface area is 134 Å². The van der Waals surface area contributed by atoms with E-state index in [1.807, 2.05) is 25.1 Å². The third-order valence-corrected chi connectivity index (χ3v) is 3.84. The number of carbonyl (C=O) groups excluding carboxylic acids is 1. The van der Waals surface area contributed by atoms with Crippen LogP contribution >= 0.6 is 0 Å². The van der Waals surface area contributed by atoms with Gasteiger partial charge in [-0.3, -0.25) is 9.79 Å². The van der Waals surface area contributed by atoms with Crippen molar-refractivity contribution in [3.63, 3.8) is 0 Å². The Kier molecular flexibility index (Phi) is 3.97. The summed E-state index contributed by atoms with van der Waals surface area (Å²) in [5.74, 6) is 0.719. The van der Waals surface area contributed by atoms with Crippen LogP contribution in [0.15, 0.2) is 34.5 Å². The van der Waals surface area contributed by atoms with Crippen LogP contribution in [0.25, 0.3) is 0 Å². The van der Waals surface area contributed by atoms with Crippen LogP contribution in [0.3, 0.4) is 0 Å². The molecular formula is C17H17N5O. The number of aromatic nitrogens is 2. The zero-order valence-electron chi connectivity index (χ0n) is 13.2. The number of anilines is 2. The fraction of sp³-hybridized carbons (Fsp3) is 0.235. The van der Waals surface area contributed by atoms with Gasteiger partial charge in [-0.2, -0.15) is 0 Å². The summed E-state index contributed by atoms with van der Waals surface area (Å²) in [6, 6.07) is 5.98. The third kappa shape index (κ3) is 2.75. The van der Waals surface area contributed by atoms with Gasteiger partial charge in [0.2, 0.25) is 0 Å². The normalized spacial score (nSPS) is 13.8. The average Bonchev–Trinajstić information content (AvgIpc) is 2.99. The lowest BCUT2D eigenvalue weighted by Crippen LogP contribution is -2.15. The van der Waals surface area contributed by atoms with Crippen LogP contribution in [-0.2, 0) is 11.2 Å². The van der Waals surface area contributed by atoms with Crippen molar-refractivity contribution in [2.24, 2.45) is 9.98 Å². The van der Waals surface area contributed by atoms with Gasteiger partial charge in [0.15, 0.2) is 12.1 Å². The molecule has 0 radical (unpaired) electrons. The van der Waals surface area contributed by atoms with E-state index in [9.17, 15) is 4.79 Å². The predicted octanol–water partition coefficient (Wildman–Crippen LogP) is 3.10. The highest BCUT2D eigenvalue weighted by Crippen LogP contribution is 2.40. The Bertz CT molecular complexity index is 813. The monoisotopic (exact) mass is 307 g/mol. The Balaban J connectivity index is 2.10. The molecule has 0 saturated carbocycles. The number of hydrogen-bond donors (Lipinski definition) is 0. The van der Waals surface area contributed by atoms with Crippen LogP contribution in [0, 0.1) is 6.92 Å². The van der Waals surface area contributed by atoms with E-state index in [1.165, 1.54) is 11.9 Å². The lowest BCUT2D eigenvalue weighted by molar-refractivity contribution is -0.102. The molecule has 0 unspecified atom stereocenters. The molecule has 2 aromatic rings. The molecule has 2 heterocycles. The topological polar surface area (TPSA) is 70.8 Å². The fourth-order valence-electron chi connectivity index (χ4n) is 2.69. The molecule has 6 heteroatoms. The molecule has 0 N–H and O–H groups in total. The standard InChI is InChI=1S/C17H17N5O/c1-11(9-23)21-16-12(2)19-10-20-17(16)22-7-6-13-8-14(18-3)4-5-15(13)22/h4-5,8-10H,3,6-7H2,1-2H3. The van der Waals surface area contributed by atoms with Gasteiger partial charge in [0, 0.05) is 12.2 Å². The number of carbonyl (C=O) groups is 1. The van der Waals surface area contributed by atoms with Gasteiger partial charge in [-0.05, 0) is 50.7 Å². The summed E-state index contributed by atoms with van der Waals surface area (Å²) in [5, 5.41) is 0. The van der Waals surface area contributed by atoms with Crippen LogP contribution in [0.4, 0.5) is 22.9 Å². The summed E-state index contributed by atoms with van der Waals surface area (Å²) >= 11 is 0. The minimum Gasteiger partial charge on any atom is -0.324 e. The maximum absolute atomic E-state index is 10.9. The van der Waals surface area contributed by atoms with Gasteiger partial charge in [0.25, 0.3) is 0 Å². The van der Waals surface area contributed by atoms with Crippen molar-refractivity contribution in [3.8, 4) is 0 Å². The van der Waals surface area contributed by atoms with Crippen molar-refractivity contribution < 1.29 is 4.79 Å². The van der Waals surface area contributed by atoms with Crippen LogP contribution < -0.4 is 4.90 Å². The zero-order chi connectivity index (χ0) is 16.4. The van der Waals surface area contributed by atoms with E-state index in [0.717, 1.165) is 42.1 Å². The van der Waals surface area contributed by atoms with E-state index in [0.29, 0.717) is 11.4 Å². The number of hydrogen-bond acceptors (Lipinski definition) is 6. The molecule has 0 aliphatic carbocycles. The van der Waals surface area contributed by atoms with E-state index >= 15 is 0 Å². The Morgan fingerprint density at radius 3 is 2.96 bits per heavy atom. The Hall–Kier alpha value is -2.89. The van der Waals surface area contributed by atoms with Crippen LogP contribution in [0.5, 0.6) is 0 Å². The van der Waals surface area contributed by atoms with E-state index in [1.54, 1.807) is 6.92 Å². The zero-order valence-corrected chi connectivity index (χ0v) is 13.2. The van der Waals surface area contributed by atoms with Gasteiger partial charge < -0.3 is 4.90 Å². The second kappa shape index (κ2) is 6.08. The highest BCUT2D eigenvalue weighted by molar-refractivity contribution is 6.27. The first-order chi connectivity index (χ1) is 11.1. The smallest absolute Gasteiger partial charge is 0.163 e. The highest BCUT2D eigenvalue weighted by Gasteiger charge is 2.24. The summed E-state index contributed by atoms with van der Waals surface area (Å²) in [6.07, 6.45) is 3.16. The van der Waals surface area contributed by atoms with Gasteiger partial charge in [0.05, 0.1) is 17.1 Å². The SMILES string of the molecule is C=Nc1ccc2c(c1)CCN2c1ncnc(C)c1N=C(C)C=O. The predicted molar refractivity (Wildman–Crippen MR) is 92.0 cm³/mol. The molecule has 23 heavy (non-hydrogen) atoms. The Morgan fingerprint density at radius 2 is 2.22 bits per heavy atom. The maximum atomic E-state index is 10.9. The third-order valence-electron chi connectivity index (χ3n) is 3.84. The van der Waals surface area contributed by atoms with Gasteiger partial charge >= 0.3 is 0 Å². The molecule has 1 aromatic heterocycles. The van der Waals surface area contributed by atoms with Crippen molar-refractivity contribution >= 4 is 41.6 Å². The van der Waals surface area contributed by atoms with Crippen molar-refractivity contribution in [3.05, 3.63) is 35.8 Å². The number of aryl methyl sites for hydroxylation is 1. The maximum Gasteiger partial charge on any atom is 0.163 e. The molecule has 6 nitrogen and oxygen atoms in total. The summed E-state index contributed by atoms with van der Waals surface area (Å²) in [7, 11) is 0. The van der Waals surface area contributed by atoms with Crippen molar-refractivity contribution in [2.75, 3.05) is 11.4 Å². The minimum atomic E-state index is 0.398. The van der Waals surface area contributed by atoms with Crippen molar-refractivity contribution in [1.82, 2.24) is 9.97 Å². The van der Waals surface area contributed by atoms with Crippen LogP contribution in [0.2, 0.25) is 0 Å². The summed E-state index contributed by atoms with van der Waals surface area (Å²) in [5.41, 5.74) is 4.92. The van der Waals surface area contributed by atoms with Gasteiger partial charge in [-0.1, -0.05) is 0 Å². The molecule has 0 spiro atoms. The molecule has 116 valence electrons. The van der Waals surface area contributed by atoms with Crippen LogP contribution in [0.1, 0.15) is 18.2 Å². The molecule has 3 rings (SSSR count). The second-order valence-electron chi connectivity index (χ2n) is 5.38. The number of benzene rings is 1. The number of aldehydes is 1. The van der Waals surface area contributed by atoms with E-state index in [-0.39, 0.29) is 0 Å². The number of rotatable bonds is 4. The highest BCUT2D eigenvalue weighted by atomic mass is 16.1. The lowest BCUT2D eigenvalue weighted by atomic mass is 10.1. The van der Waals surface area contributed by atoms with Crippen LogP contribution in [-0.4, -0.2) is 35.2 Å². The Morgan fingerprint density at radius 1 is 1.39 bits per heavy atom. The minimum absolute atomic E-state index is 0.398. The van der Waals surface area contributed by atoms with Crippen molar-refractivity contribution in [2.45, 2.75) is 20.3 Å². The van der Waals surface area contributed by atoms with E-state index < -0.39 is 0 Å². The van der Waals surface area contributed by atoms with E-state index in [2.05, 4.69) is 31.6 Å². The van der Waals surface area contributed by atoms with E-state index in [4.69, 9.17) is 0 Å². The molecule has 1 aliphatic heterocycles. The molecule has 0 fully saturated rings. The number of nitrogens with zero attached hydrogens (tertiary/aromatic N) is 5. The van der Waals surface area contributed by atoms with Crippen molar-refractivity contribution in [1.29, 1.82) is 0 Å². The van der Waals surface area contributed by atoms with Gasteiger partial charge in [0.1, 0.15) is 12.0 Å². The number of fused-ring (bicyclic) bond motifs is 1. The largest absolute Gasteiger partial charge is 0.324 e. The molecule has 0 amide bonds. The first-order valence-corrected chi connectivity index (χ1v) is 7.33. The number of aliphatic imine (C=N–C) groups is 2. The molecular weight excluding hydrogens is 290 g/mol. The molecule has 0 atom stereocenters. The molecule has 0 bridgehead atoms. The fourth-order valence-corrected chi connectivity index (χ4v) is 2.69. The molecule has 1 aliphatic rings. The summed E-state index contributed by atoms with van der Waals surface area (Å²) in [4.78, 5) is 30.0. The quantitative estimate of drug-likeness (QED) is 0.643. The average molecular weight is 307 g/mol. The molecule has 1 aromatic carbocycles. The summed E-state index contributed by atoms with van der Waals surface area (Å²) in [6.45, 7) is 7.90. The first-order valence-electron chi connectivity index (χ1n) is 7.33. The second-order valence-corrected chi connectivity index (χ2v) is 5.38. The lowest BCUT2D eigenvalue weighted by Gasteiger charge is -2.20.